The average molecular weight is 419 g/mol. The summed E-state index contributed by atoms with van der Waals surface area (Å²) in [4.78, 5) is 22.7. The molecule has 0 aliphatic rings. The summed E-state index contributed by atoms with van der Waals surface area (Å²) in [5.41, 5.74) is 5.25. The molecule has 0 spiro atoms. The molecule has 0 aliphatic heterocycles. The average Bonchev–Trinajstić information content (AvgIpc) is 2.81. The molecular weight excluding hydrogens is 398 g/mol. The van der Waals surface area contributed by atoms with E-state index in [4.69, 9.17) is 9.47 Å². The van der Waals surface area contributed by atoms with Crippen LogP contribution in [0.2, 0.25) is 0 Å². The van der Waals surface area contributed by atoms with Crippen molar-refractivity contribution in [1.29, 1.82) is 0 Å². The molecule has 8 heteroatoms. The topological polar surface area (TPSA) is 103 Å². The van der Waals surface area contributed by atoms with E-state index in [-0.39, 0.29) is 18.0 Å². The SMILES string of the molecule is COc1ccc(C(C)=NNC(=O)COc2ccc(-c3ccccc3)cc2)cc1[N+](=O)[O-]. The van der Waals surface area contributed by atoms with Crippen LogP contribution in [0.3, 0.4) is 0 Å². The number of benzene rings is 3. The number of amides is 1. The zero-order valence-electron chi connectivity index (χ0n) is 17.1. The maximum Gasteiger partial charge on any atom is 0.311 e. The molecule has 0 radical (unpaired) electrons. The van der Waals surface area contributed by atoms with Crippen LogP contribution in [-0.2, 0) is 4.79 Å². The molecular formula is C23H21N3O5. The molecule has 0 bridgehead atoms. The Labute approximate surface area is 179 Å². The van der Waals surface area contributed by atoms with Gasteiger partial charge in [0, 0.05) is 11.6 Å². The van der Waals surface area contributed by atoms with Crippen LogP contribution >= 0.6 is 0 Å². The van der Waals surface area contributed by atoms with E-state index in [0.29, 0.717) is 17.0 Å². The van der Waals surface area contributed by atoms with E-state index in [1.54, 1.807) is 25.1 Å². The number of methoxy groups -OCH3 is 1. The summed E-state index contributed by atoms with van der Waals surface area (Å²) in [5, 5.41) is 15.1. The van der Waals surface area contributed by atoms with Crippen molar-refractivity contribution in [3.05, 3.63) is 88.5 Å². The smallest absolute Gasteiger partial charge is 0.311 e. The van der Waals surface area contributed by atoms with Crippen LogP contribution in [0.1, 0.15) is 12.5 Å². The van der Waals surface area contributed by atoms with Crippen LogP contribution in [-0.4, -0.2) is 30.3 Å². The van der Waals surface area contributed by atoms with Gasteiger partial charge in [0.25, 0.3) is 5.91 Å². The van der Waals surface area contributed by atoms with Crippen LogP contribution in [0, 0.1) is 10.1 Å². The number of nitrogens with zero attached hydrogens (tertiary/aromatic N) is 2. The molecule has 3 aromatic rings. The minimum atomic E-state index is -0.537. The summed E-state index contributed by atoms with van der Waals surface area (Å²) in [6.45, 7) is 1.42. The van der Waals surface area contributed by atoms with Crippen molar-refractivity contribution in [3.8, 4) is 22.6 Å². The summed E-state index contributed by atoms with van der Waals surface area (Å²) in [5.74, 6) is 0.257. The fourth-order valence-electron chi connectivity index (χ4n) is 2.82. The van der Waals surface area contributed by atoms with Crippen molar-refractivity contribution in [1.82, 2.24) is 5.43 Å². The molecule has 0 saturated carbocycles. The van der Waals surface area contributed by atoms with Crippen LogP contribution in [0.25, 0.3) is 11.1 Å². The summed E-state index contributed by atoms with van der Waals surface area (Å²) in [6.07, 6.45) is 0. The molecule has 1 N–H and O–H groups in total. The lowest BCUT2D eigenvalue weighted by atomic mass is 10.1. The van der Waals surface area contributed by atoms with Gasteiger partial charge in [0.2, 0.25) is 0 Å². The standard InChI is InChI=1S/C23H21N3O5/c1-16(19-10-13-22(30-2)21(14-19)26(28)29)24-25-23(27)15-31-20-11-8-18(9-12-20)17-6-4-3-5-7-17/h3-14H,15H2,1-2H3,(H,25,27). The Morgan fingerprint density at radius 2 is 1.71 bits per heavy atom. The molecule has 0 fully saturated rings. The number of hydrogen-bond acceptors (Lipinski definition) is 6. The number of ether oxygens (including phenoxy) is 2. The Balaban J connectivity index is 1.57. The first kappa shape index (κ1) is 21.5. The summed E-state index contributed by atoms with van der Waals surface area (Å²) in [7, 11) is 1.36. The fraction of sp³-hybridized carbons (Fsp3) is 0.130. The zero-order valence-corrected chi connectivity index (χ0v) is 17.1. The van der Waals surface area contributed by atoms with Gasteiger partial charge in [-0.25, -0.2) is 5.43 Å². The van der Waals surface area contributed by atoms with E-state index in [9.17, 15) is 14.9 Å². The molecule has 0 aliphatic carbocycles. The molecule has 0 aromatic heterocycles. The normalized spacial score (nSPS) is 11.0. The highest BCUT2D eigenvalue weighted by atomic mass is 16.6. The van der Waals surface area contributed by atoms with E-state index in [2.05, 4.69) is 10.5 Å². The Bertz CT molecular complexity index is 1100. The number of nitro benzene ring substituents is 1. The minimum Gasteiger partial charge on any atom is -0.490 e. The predicted molar refractivity (Wildman–Crippen MR) is 117 cm³/mol. The number of nitrogens with one attached hydrogen (secondary N) is 1. The van der Waals surface area contributed by atoms with Crippen LogP contribution in [0.5, 0.6) is 11.5 Å². The number of rotatable bonds is 8. The minimum absolute atomic E-state index is 0.150. The molecule has 31 heavy (non-hydrogen) atoms. The third-order valence-corrected chi connectivity index (χ3v) is 4.47. The molecule has 0 saturated heterocycles. The van der Waals surface area contributed by atoms with Crippen LogP contribution < -0.4 is 14.9 Å². The van der Waals surface area contributed by atoms with Crippen molar-refractivity contribution in [3.63, 3.8) is 0 Å². The van der Waals surface area contributed by atoms with Gasteiger partial charge in [-0.3, -0.25) is 14.9 Å². The van der Waals surface area contributed by atoms with Gasteiger partial charge in [-0.05, 0) is 42.3 Å². The number of carbonyl (C=O) groups is 1. The van der Waals surface area contributed by atoms with Gasteiger partial charge in [-0.1, -0.05) is 42.5 Å². The second-order valence-corrected chi connectivity index (χ2v) is 6.56. The largest absolute Gasteiger partial charge is 0.490 e. The van der Waals surface area contributed by atoms with Gasteiger partial charge in [0.1, 0.15) is 5.75 Å². The highest BCUT2D eigenvalue weighted by Gasteiger charge is 2.16. The fourth-order valence-corrected chi connectivity index (χ4v) is 2.82. The van der Waals surface area contributed by atoms with Crippen molar-refractivity contribution < 1.29 is 19.2 Å². The molecule has 3 rings (SSSR count). The monoisotopic (exact) mass is 419 g/mol. The summed E-state index contributed by atoms with van der Waals surface area (Å²) in [6, 6.07) is 21.8. The Morgan fingerprint density at radius 1 is 1.03 bits per heavy atom. The number of hydrogen-bond donors (Lipinski definition) is 1. The van der Waals surface area contributed by atoms with Crippen molar-refractivity contribution in [2.24, 2.45) is 5.10 Å². The predicted octanol–water partition coefficient (Wildman–Crippen LogP) is 4.19. The maximum atomic E-state index is 12.0. The van der Waals surface area contributed by atoms with E-state index in [1.165, 1.54) is 19.2 Å². The molecule has 3 aromatic carbocycles. The zero-order chi connectivity index (χ0) is 22.2. The number of carbonyl (C=O) groups excluding carboxylic acids is 1. The van der Waals surface area contributed by atoms with Crippen molar-refractivity contribution in [2.75, 3.05) is 13.7 Å². The van der Waals surface area contributed by atoms with Gasteiger partial charge in [0.15, 0.2) is 12.4 Å². The summed E-state index contributed by atoms with van der Waals surface area (Å²) >= 11 is 0. The Hall–Kier alpha value is -4.20. The quantitative estimate of drug-likeness (QED) is 0.335. The highest BCUT2D eigenvalue weighted by molar-refractivity contribution is 6.00. The molecule has 1 amide bonds. The van der Waals surface area contributed by atoms with Gasteiger partial charge >= 0.3 is 5.69 Å². The summed E-state index contributed by atoms with van der Waals surface area (Å²) < 4.78 is 10.5. The maximum absolute atomic E-state index is 12.0. The lowest BCUT2D eigenvalue weighted by molar-refractivity contribution is -0.385. The van der Waals surface area contributed by atoms with E-state index < -0.39 is 10.8 Å². The molecule has 0 heterocycles. The molecule has 8 nitrogen and oxygen atoms in total. The number of nitro groups is 1. The van der Waals surface area contributed by atoms with Gasteiger partial charge in [-0.2, -0.15) is 5.10 Å². The highest BCUT2D eigenvalue weighted by Crippen LogP contribution is 2.27. The first-order valence-corrected chi connectivity index (χ1v) is 9.42. The first-order chi connectivity index (χ1) is 15.0. The first-order valence-electron chi connectivity index (χ1n) is 9.42. The van der Waals surface area contributed by atoms with Gasteiger partial charge < -0.3 is 9.47 Å². The van der Waals surface area contributed by atoms with E-state index >= 15 is 0 Å². The van der Waals surface area contributed by atoms with Crippen molar-refractivity contribution in [2.45, 2.75) is 6.92 Å². The van der Waals surface area contributed by atoms with Crippen LogP contribution in [0.15, 0.2) is 77.9 Å². The third-order valence-electron chi connectivity index (χ3n) is 4.47. The molecule has 0 atom stereocenters. The van der Waals surface area contributed by atoms with Crippen LogP contribution in [0.4, 0.5) is 5.69 Å². The second-order valence-electron chi connectivity index (χ2n) is 6.56. The second kappa shape index (κ2) is 10.0. The molecule has 0 unspecified atom stereocenters. The van der Waals surface area contributed by atoms with Crippen molar-refractivity contribution >= 4 is 17.3 Å². The van der Waals surface area contributed by atoms with Gasteiger partial charge in [0.05, 0.1) is 17.7 Å². The lowest BCUT2D eigenvalue weighted by Gasteiger charge is -2.08. The third kappa shape index (κ3) is 5.66. The van der Waals surface area contributed by atoms with E-state index in [0.717, 1.165) is 11.1 Å². The molecule has 158 valence electrons. The van der Waals surface area contributed by atoms with E-state index in [1.807, 2.05) is 42.5 Å². The van der Waals surface area contributed by atoms with Gasteiger partial charge in [-0.15, -0.1) is 0 Å². The Morgan fingerprint density at radius 3 is 2.35 bits per heavy atom. The lowest BCUT2D eigenvalue weighted by Crippen LogP contribution is -2.25. The number of hydrazone groups is 1. The Kier molecular flexibility index (Phi) is 6.95.